The van der Waals surface area contributed by atoms with Crippen LogP contribution in [0.4, 0.5) is 5.69 Å². The van der Waals surface area contributed by atoms with Gasteiger partial charge >= 0.3 is 0 Å². The lowest BCUT2D eigenvalue weighted by molar-refractivity contribution is -0.125. The second-order valence-electron chi connectivity index (χ2n) is 7.11. The number of amides is 2. The molecule has 3 N–H and O–H groups in total. The van der Waals surface area contributed by atoms with E-state index in [-0.39, 0.29) is 24.8 Å². The van der Waals surface area contributed by atoms with Gasteiger partial charge in [0.25, 0.3) is 0 Å². The summed E-state index contributed by atoms with van der Waals surface area (Å²) in [5, 5.41) is 4.12. The molecule has 1 aliphatic heterocycles. The van der Waals surface area contributed by atoms with E-state index in [0.717, 1.165) is 35.2 Å². The van der Waals surface area contributed by atoms with Gasteiger partial charge in [0, 0.05) is 43.6 Å². The van der Waals surface area contributed by atoms with Gasteiger partial charge in [0.2, 0.25) is 11.8 Å². The fourth-order valence-electron chi connectivity index (χ4n) is 3.63. The van der Waals surface area contributed by atoms with Crippen LogP contribution in [0.1, 0.15) is 31.9 Å². The number of hydrogen-bond donors (Lipinski definition) is 2. The number of carbonyl (C=O) groups excluding carboxylic acids is 2. The van der Waals surface area contributed by atoms with Crippen molar-refractivity contribution in [2.45, 2.75) is 39.2 Å². The summed E-state index contributed by atoms with van der Waals surface area (Å²) in [5.74, 6) is -0.155. The molecule has 2 aromatic rings. The fourth-order valence-corrected chi connectivity index (χ4v) is 3.63. The number of nitrogens with zero attached hydrogens (tertiary/aromatic N) is 3. The second-order valence-corrected chi connectivity index (χ2v) is 7.11. The highest BCUT2D eigenvalue weighted by molar-refractivity contribution is 5.92. The maximum Gasteiger partial charge on any atom is 0.220 e. The number of aryl methyl sites for hydroxylation is 1. The van der Waals surface area contributed by atoms with E-state index in [4.69, 9.17) is 5.73 Å². The Hall–Kier alpha value is -2.70. The van der Waals surface area contributed by atoms with Crippen molar-refractivity contribution in [2.75, 3.05) is 18.0 Å². The Labute approximate surface area is 153 Å². The van der Waals surface area contributed by atoms with Crippen LogP contribution in [-0.4, -0.2) is 40.9 Å². The van der Waals surface area contributed by atoms with Crippen molar-refractivity contribution in [3.05, 3.63) is 30.2 Å². The molecule has 7 heteroatoms. The van der Waals surface area contributed by atoms with Crippen LogP contribution in [0.3, 0.4) is 0 Å². The molecule has 0 aromatic carbocycles. The summed E-state index contributed by atoms with van der Waals surface area (Å²) in [6, 6.07) is 4.03. The number of carbonyl (C=O) groups is 2. The highest BCUT2D eigenvalue weighted by atomic mass is 16.2. The van der Waals surface area contributed by atoms with Crippen molar-refractivity contribution < 1.29 is 9.59 Å². The number of aromatic nitrogens is 2. The zero-order valence-corrected chi connectivity index (χ0v) is 15.2. The topological polar surface area (TPSA) is 101 Å². The summed E-state index contributed by atoms with van der Waals surface area (Å²) < 4.78 is 0. The van der Waals surface area contributed by atoms with Crippen LogP contribution in [0.2, 0.25) is 0 Å². The Morgan fingerprint density at radius 2 is 2.12 bits per heavy atom. The van der Waals surface area contributed by atoms with Crippen molar-refractivity contribution in [1.29, 1.82) is 0 Å². The van der Waals surface area contributed by atoms with Crippen molar-refractivity contribution in [1.82, 2.24) is 15.3 Å². The molecular weight excluding hydrogens is 330 g/mol. The average Bonchev–Trinajstić information content (AvgIpc) is 2.60. The molecule has 0 saturated carbocycles. The smallest absolute Gasteiger partial charge is 0.220 e. The van der Waals surface area contributed by atoms with Crippen LogP contribution in [0, 0.1) is 12.8 Å². The van der Waals surface area contributed by atoms with Crippen molar-refractivity contribution >= 4 is 28.4 Å². The molecule has 2 aromatic heterocycles. The third-order valence-corrected chi connectivity index (χ3v) is 4.77. The quantitative estimate of drug-likeness (QED) is 0.847. The van der Waals surface area contributed by atoms with E-state index < -0.39 is 5.91 Å². The molecule has 2 atom stereocenters. The minimum atomic E-state index is -0.455. The van der Waals surface area contributed by atoms with E-state index in [0.29, 0.717) is 12.5 Å². The third-order valence-electron chi connectivity index (χ3n) is 4.77. The predicted molar refractivity (Wildman–Crippen MR) is 101 cm³/mol. The standard InChI is InChI=1S/C19H25N5O2/c1-12-8-14(23-18(26)6-5-17(20)25)11-24(10-12)16-9-22-13(2)19-15(16)4-3-7-21-19/h3-4,7,9,12,14H,5-6,8,10-11H2,1-2H3,(H2,20,25)(H,23,26)/t12-,14+/m0/s1. The molecule has 0 aliphatic carbocycles. The highest BCUT2D eigenvalue weighted by Gasteiger charge is 2.27. The number of nitrogens with two attached hydrogens (primary N) is 1. The van der Waals surface area contributed by atoms with Crippen LogP contribution in [0.5, 0.6) is 0 Å². The SMILES string of the molecule is Cc1ncc(N2C[C@@H](C)C[C@@H](NC(=O)CCC(N)=O)C2)c2cccnc12. The number of rotatable bonds is 5. The predicted octanol–water partition coefficient (Wildman–Crippen LogP) is 1.53. The molecule has 138 valence electrons. The zero-order chi connectivity index (χ0) is 18.7. The molecule has 7 nitrogen and oxygen atoms in total. The molecule has 1 saturated heterocycles. The lowest BCUT2D eigenvalue weighted by Gasteiger charge is -2.38. The molecular formula is C19H25N5O2. The Bertz CT molecular complexity index is 823. The summed E-state index contributed by atoms with van der Waals surface area (Å²) in [6.07, 6.45) is 4.80. The molecule has 1 fully saturated rings. The molecule has 0 bridgehead atoms. The number of fused-ring (bicyclic) bond motifs is 1. The highest BCUT2D eigenvalue weighted by Crippen LogP contribution is 2.30. The number of piperidine rings is 1. The van der Waals surface area contributed by atoms with E-state index >= 15 is 0 Å². The van der Waals surface area contributed by atoms with Crippen molar-refractivity contribution in [2.24, 2.45) is 11.7 Å². The van der Waals surface area contributed by atoms with E-state index in [9.17, 15) is 9.59 Å². The third kappa shape index (κ3) is 4.09. The maximum atomic E-state index is 12.1. The van der Waals surface area contributed by atoms with Crippen molar-refractivity contribution in [3.8, 4) is 0 Å². The van der Waals surface area contributed by atoms with Gasteiger partial charge < -0.3 is 16.0 Å². The first-order valence-corrected chi connectivity index (χ1v) is 8.97. The summed E-state index contributed by atoms with van der Waals surface area (Å²) in [7, 11) is 0. The fraction of sp³-hybridized carbons (Fsp3) is 0.474. The Balaban J connectivity index is 1.78. The Morgan fingerprint density at radius 3 is 2.88 bits per heavy atom. The molecule has 0 spiro atoms. The molecule has 2 amide bonds. The molecule has 0 unspecified atom stereocenters. The largest absolute Gasteiger partial charge is 0.370 e. The molecule has 3 rings (SSSR count). The van der Waals surface area contributed by atoms with Gasteiger partial charge in [0.1, 0.15) is 0 Å². The van der Waals surface area contributed by atoms with Crippen LogP contribution in [0.15, 0.2) is 24.5 Å². The monoisotopic (exact) mass is 355 g/mol. The van der Waals surface area contributed by atoms with E-state index in [2.05, 4.69) is 33.2 Å². The molecule has 3 heterocycles. The van der Waals surface area contributed by atoms with Gasteiger partial charge in [-0.3, -0.25) is 19.6 Å². The maximum absolute atomic E-state index is 12.1. The van der Waals surface area contributed by atoms with Crippen molar-refractivity contribution in [3.63, 3.8) is 0 Å². The van der Waals surface area contributed by atoms with E-state index in [1.165, 1.54) is 0 Å². The van der Waals surface area contributed by atoms with Gasteiger partial charge in [0.15, 0.2) is 0 Å². The Morgan fingerprint density at radius 1 is 1.31 bits per heavy atom. The average molecular weight is 355 g/mol. The second kappa shape index (κ2) is 7.68. The number of anilines is 1. The number of pyridine rings is 2. The zero-order valence-electron chi connectivity index (χ0n) is 15.2. The first-order chi connectivity index (χ1) is 12.4. The van der Waals surface area contributed by atoms with Crippen LogP contribution < -0.4 is 16.0 Å². The van der Waals surface area contributed by atoms with Crippen LogP contribution in [0.25, 0.3) is 10.9 Å². The molecule has 1 aliphatic rings. The summed E-state index contributed by atoms with van der Waals surface area (Å²) in [4.78, 5) is 34.1. The number of hydrogen-bond acceptors (Lipinski definition) is 5. The van der Waals surface area contributed by atoms with Gasteiger partial charge in [-0.25, -0.2) is 0 Å². The summed E-state index contributed by atoms with van der Waals surface area (Å²) in [6.45, 7) is 5.75. The van der Waals surface area contributed by atoms with Gasteiger partial charge in [-0.05, 0) is 31.4 Å². The first-order valence-electron chi connectivity index (χ1n) is 8.97. The minimum Gasteiger partial charge on any atom is -0.370 e. The van der Waals surface area contributed by atoms with Crippen LogP contribution >= 0.6 is 0 Å². The normalized spacial score (nSPS) is 20.2. The van der Waals surface area contributed by atoms with Gasteiger partial charge in [-0.15, -0.1) is 0 Å². The van der Waals surface area contributed by atoms with E-state index in [1.54, 1.807) is 6.20 Å². The van der Waals surface area contributed by atoms with Gasteiger partial charge in [-0.1, -0.05) is 6.92 Å². The molecule has 0 radical (unpaired) electrons. The number of primary amides is 1. The number of nitrogens with one attached hydrogen (secondary N) is 1. The molecule has 26 heavy (non-hydrogen) atoms. The Kier molecular flexibility index (Phi) is 5.35. The lowest BCUT2D eigenvalue weighted by atomic mass is 9.95. The first kappa shape index (κ1) is 18.1. The van der Waals surface area contributed by atoms with Crippen LogP contribution in [-0.2, 0) is 9.59 Å². The summed E-state index contributed by atoms with van der Waals surface area (Å²) >= 11 is 0. The lowest BCUT2D eigenvalue weighted by Crippen LogP contribution is -2.50. The van der Waals surface area contributed by atoms with Gasteiger partial charge in [-0.2, -0.15) is 0 Å². The van der Waals surface area contributed by atoms with Gasteiger partial charge in [0.05, 0.1) is 23.1 Å². The minimum absolute atomic E-state index is 0.0344. The summed E-state index contributed by atoms with van der Waals surface area (Å²) in [5.41, 5.74) is 7.98. The van der Waals surface area contributed by atoms with E-state index in [1.807, 2.05) is 19.2 Å².